The van der Waals surface area contributed by atoms with Crippen molar-refractivity contribution in [1.29, 1.82) is 0 Å². The minimum Gasteiger partial charge on any atom is -0.467 e. The van der Waals surface area contributed by atoms with Crippen molar-refractivity contribution in [2.45, 2.75) is 12.5 Å². The Balaban J connectivity index is 2.34. The largest absolute Gasteiger partial charge is 0.467 e. The van der Waals surface area contributed by atoms with E-state index >= 15 is 0 Å². The van der Waals surface area contributed by atoms with Gasteiger partial charge in [-0.2, -0.15) is 15.0 Å². The molecule has 0 aliphatic rings. The monoisotopic (exact) mass is 290 g/mol. The second kappa shape index (κ2) is 6.33. The summed E-state index contributed by atoms with van der Waals surface area (Å²) in [5, 5.41) is 12.8. The van der Waals surface area contributed by atoms with Crippen molar-refractivity contribution in [1.82, 2.24) is 15.0 Å². The fourth-order valence-electron chi connectivity index (χ4n) is 1.82. The van der Waals surface area contributed by atoms with Gasteiger partial charge in [-0.1, -0.05) is 30.3 Å². The number of hydrazine groups is 1. The van der Waals surface area contributed by atoms with Gasteiger partial charge < -0.3 is 15.2 Å². The summed E-state index contributed by atoms with van der Waals surface area (Å²) in [5.74, 6) is 5.72. The fourth-order valence-corrected chi connectivity index (χ4v) is 1.82. The summed E-state index contributed by atoms with van der Waals surface area (Å²) >= 11 is 0. The van der Waals surface area contributed by atoms with Crippen LogP contribution in [0.15, 0.2) is 30.3 Å². The van der Waals surface area contributed by atoms with Crippen molar-refractivity contribution in [3.8, 4) is 6.01 Å². The van der Waals surface area contributed by atoms with E-state index in [1.54, 1.807) is 0 Å². The molecule has 1 aromatic carbocycles. The van der Waals surface area contributed by atoms with Gasteiger partial charge in [-0.05, 0) is 12.5 Å². The molecule has 21 heavy (non-hydrogen) atoms. The van der Waals surface area contributed by atoms with E-state index in [2.05, 4.69) is 25.7 Å². The van der Waals surface area contributed by atoms with Crippen LogP contribution in [0.1, 0.15) is 12.5 Å². The maximum Gasteiger partial charge on any atom is 0.322 e. The van der Waals surface area contributed by atoms with Crippen LogP contribution in [0.2, 0.25) is 0 Å². The lowest BCUT2D eigenvalue weighted by Gasteiger charge is -2.29. The maximum absolute atomic E-state index is 9.75. The van der Waals surface area contributed by atoms with Crippen LogP contribution in [0.3, 0.4) is 0 Å². The molecule has 0 aliphatic carbocycles. The van der Waals surface area contributed by atoms with Crippen molar-refractivity contribution in [2.24, 2.45) is 5.84 Å². The van der Waals surface area contributed by atoms with E-state index in [0.717, 1.165) is 5.56 Å². The number of hydrogen-bond acceptors (Lipinski definition) is 8. The first-order valence-corrected chi connectivity index (χ1v) is 6.32. The molecule has 0 amide bonds. The normalized spacial score (nSPS) is 13.3. The number of rotatable bonds is 6. The molecular weight excluding hydrogens is 272 g/mol. The Hall–Kier alpha value is -2.45. The number of anilines is 2. The number of benzene rings is 1. The van der Waals surface area contributed by atoms with Gasteiger partial charge in [-0.25, -0.2) is 5.84 Å². The summed E-state index contributed by atoms with van der Waals surface area (Å²) in [4.78, 5) is 12.1. The number of nitrogens with two attached hydrogens (primary N) is 1. The fraction of sp³-hybridized carbons (Fsp3) is 0.308. The van der Waals surface area contributed by atoms with Crippen molar-refractivity contribution in [3.05, 3.63) is 35.9 Å². The van der Waals surface area contributed by atoms with Crippen LogP contribution in [0.25, 0.3) is 0 Å². The molecule has 1 heterocycles. The Morgan fingerprint density at radius 2 is 1.86 bits per heavy atom. The molecule has 0 radical (unpaired) electrons. The third-order valence-corrected chi connectivity index (χ3v) is 3.04. The summed E-state index contributed by atoms with van der Waals surface area (Å²) in [5.41, 5.74) is 2.49. The highest BCUT2D eigenvalue weighted by atomic mass is 16.5. The zero-order chi connectivity index (χ0) is 15.3. The average Bonchev–Trinajstić information content (AvgIpc) is 2.55. The van der Waals surface area contributed by atoms with Crippen LogP contribution in [0, 0.1) is 0 Å². The SMILES string of the molecule is COc1nc(NN)nc(NC(C)(CO)c2ccccc2)n1. The second-order valence-electron chi connectivity index (χ2n) is 4.59. The van der Waals surface area contributed by atoms with E-state index < -0.39 is 5.54 Å². The Kier molecular flexibility index (Phi) is 4.51. The topological polar surface area (TPSA) is 118 Å². The molecule has 8 nitrogen and oxygen atoms in total. The smallest absolute Gasteiger partial charge is 0.322 e. The van der Waals surface area contributed by atoms with Crippen LogP contribution in [-0.2, 0) is 5.54 Å². The summed E-state index contributed by atoms with van der Waals surface area (Å²) in [7, 11) is 1.45. The summed E-state index contributed by atoms with van der Waals surface area (Å²) in [6.07, 6.45) is 0. The molecule has 8 heteroatoms. The van der Waals surface area contributed by atoms with Crippen LogP contribution in [0.4, 0.5) is 11.9 Å². The summed E-state index contributed by atoms with van der Waals surface area (Å²) in [6, 6.07) is 9.63. The molecule has 112 valence electrons. The van der Waals surface area contributed by atoms with Crippen LogP contribution < -0.4 is 21.3 Å². The van der Waals surface area contributed by atoms with E-state index in [0.29, 0.717) is 0 Å². The number of hydrogen-bond donors (Lipinski definition) is 4. The third-order valence-electron chi connectivity index (χ3n) is 3.04. The number of aromatic nitrogens is 3. The van der Waals surface area contributed by atoms with Crippen molar-refractivity contribution in [3.63, 3.8) is 0 Å². The summed E-state index contributed by atoms with van der Waals surface area (Å²) in [6.45, 7) is 1.70. The highest BCUT2D eigenvalue weighted by Gasteiger charge is 2.27. The van der Waals surface area contributed by atoms with Gasteiger partial charge in [0, 0.05) is 0 Å². The quantitative estimate of drug-likeness (QED) is 0.448. The third kappa shape index (κ3) is 3.36. The number of aliphatic hydroxyl groups is 1. The van der Waals surface area contributed by atoms with Gasteiger partial charge in [0.05, 0.1) is 19.3 Å². The van der Waals surface area contributed by atoms with Gasteiger partial charge >= 0.3 is 6.01 Å². The van der Waals surface area contributed by atoms with Crippen molar-refractivity contribution >= 4 is 11.9 Å². The van der Waals surface area contributed by atoms with E-state index in [9.17, 15) is 5.11 Å². The maximum atomic E-state index is 9.75. The molecule has 1 aromatic heterocycles. The van der Waals surface area contributed by atoms with E-state index in [-0.39, 0.29) is 24.5 Å². The second-order valence-corrected chi connectivity index (χ2v) is 4.59. The highest BCUT2D eigenvalue weighted by molar-refractivity contribution is 5.40. The molecule has 0 spiro atoms. The van der Waals surface area contributed by atoms with Crippen molar-refractivity contribution in [2.75, 3.05) is 24.5 Å². The highest BCUT2D eigenvalue weighted by Crippen LogP contribution is 2.24. The van der Waals surface area contributed by atoms with Gasteiger partial charge in [-0.3, -0.25) is 5.43 Å². The van der Waals surface area contributed by atoms with Crippen molar-refractivity contribution < 1.29 is 9.84 Å². The zero-order valence-electron chi connectivity index (χ0n) is 11.9. The number of ether oxygens (including phenoxy) is 1. The first kappa shape index (κ1) is 14.9. The lowest BCUT2D eigenvalue weighted by Crippen LogP contribution is -2.36. The molecule has 0 saturated carbocycles. The predicted octanol–water partition coefficient (Wildman–Crippen LogP) is 0.485. The van der Waals surface area contributed by atoms with Gasteiger partial charge in [0.25, 0.3) is 0 Å². The lowest BCUT2D eigenvalue weighted by atomic mass is 9.93. The molecule has 0 saturated heterocycles. The molecule has 1 unspecified atom stereocenters. The van der Waals surface area contributed by atoms with Crippen LogP contribution in [0.5, 0.6) is 6.01 Å². The Bertz CT molecular complexity index is 572. The Morgan fingerprint density at radius 3 is 2.43 bits per heavy atom. The van der Waals surface area contributed by atoms with Gasteiger partial charge in [0.1, 0.15) is 0 Å². The Labute approximate surface area is 122 Å². The van der Waals surface area contributed by atoms with Gasteiger partial charge in [0.15, 0.2) is 0 Å². The van der Waals surface area contributed by atoms with Crippen LogP contribution >= 0.6 is 0 Å². The number of nitrogen functional groups attached to an aromatic ring is 1. The summed E-state index contributed by atoms with van der Waals surface area (Å²) < 4.78 is 4.99. The minimum absolute atomic E-state index is 0.119. The van der Waals surface area contributed by atoms with E-state index in [1.807, 2.05) is 37.3 Å². The number of methoxy groups -OCH3 is 1. The molecule has 1 atom stereocenters. The van der Waals surface area contributed by atoms with E-state index in [4.69, 9.17) is 10.6 Å². The number of nitrogens with zero attached hydrogens (tertiary/aromatic N) is 3. The molecule has 0 bridgehead atoms. The molecular formula is C13H18N6O2. The number of aliphatic hydroxyl groups excluding tert-OH is 1. The average molecular weight is 290 g/mol. The first-order valence-electron chi connectivity index (χ1n) is 6.32. The molecule has 2 aromatic rings. The molecule has 5 N–H and O–H groups in total. The standard InChI is InChI=1S/C13H18N6O2/c1-13(8-20,9-6-4-3-5-7-9)18-10-15-11(19-14)17-12(16-10)21-2/h3-7,20H,8,14H2,1-2H3,(H2,15,16,17,18,19). The minimum atomic E-state index is -0.751. The van der Waals surface area contributed by atoms with E-state index in [1.165, 1.54) is 7.11 Å². The van der Waals surface area contributed by atoms with Gasteiger partial charge in [0.2, 0.25) is 11.9 Å². The predicted molar refractivity (Wildman–Crippen MR) is 78.7 cm³/mol. The zero-order valence-corrected chi connectivity index (χ0v) is 11.9. The Morgan fingerprint density at radius 1 is 1.19 bits per heavy atom. The first-order chi connectivity index (χ1) is 10.1. The molecule has 0 fully saturated rings. The van der Waals surface area contributed by atoms with Gasteiger partial charge in [-0.15, -0.1) is 0 Å². The lowest BCUT2D eigenvalue weighted by molar-refractivity contribution is 0.223. The number of nitrogens with one attached hydrogen (secondary N) is 2. The molecule has 2 rings (SSSR count). The van der Waals surface area contributed by atoms with Crippen LogP contribution in [-0.4, -0.2) is 33.8 Å². The molecule has 0 aliphatic heterocycles.